The molecule has 4 fully saturated rings. The van der Waals surface area contributed by atoms with E-state index in [1.54, 1.807) is 0 Å². The number of ether oxygens (including phenoxy) is 3. The van der Waals surface area contributed by atoms with E-state index in [1.807, 2.05) is 6.92 Å². The maximum absolute atomic E-state index is 14.4. The average molecular weight is 732 g/mol. The van der Waals surface area contributed by atoms with Gasteiger partial charge >= 0.3 is 18.0 Å². The van der Waals surface area contributed by atoms with Crippen LogP contribution in [0.25, 0.3) is 0 Å². The van der Waals surface area contributed by atoms with Gasteiger partial charge in [0.15, 0.2) is 0 Å². The minimum absolute atomic E-state index is 0.000424. The largest absolute Gasteiger partial charge is 0.463 e. The van der Waals surface area contributed by atoms with Gasteiger partial charge in [-0.2, -0.15) is 0 Å². The second kappa shape index (κ2) is 14.4. The maximum atomic E-state index is 14.4. The van der Waals surface area contributed by atoms with E-state index in [0.717, 1.165) is 60.7 Å². The highest BCUT2D eigenvalue weighted by molar-refractivity contribution is 14.1. The number of amides is 1. The predicted molar refractivity (Wildman–Crippen MR) is 183 cm³/mol. The van der Waals surface area contributed by atoms with Crippen molar-refractivity contribution in [1.82, 2.24) is 5.32 Å². The number of hydrogen-bond acceptors (Lipinski definition) is 6. The topological polar surface area (TPSA) is 90.9 Å². The van der Waals surface area contributed by atoms with Crippen LogP contribution < -0.4 is 5.32 Å². The van der Waals surface area contributed by atoms with Crippen molar-refractivity contribution in [3.05, 3.63) is 0 Å². The fourth-order valence-corrected chi connectivity index (χ4v) is 9.98. The van der Waals surface area contributed by atoms with Crippen molar-refractivity contribution < 1.29 is 28.6 Å². The molecule has 7 nitrogen and oxygen atoms in total. The summed E-state index contributed by atoms with van der Waals surface area (Å²) in [6.07, 6.45) is 9.82. The Labute approximate surface area is 281 Å². The monoisotopic (exact) mass is 731 g/mol. The van der Waals surface area contributed by atoms with Crippen molar-refractivity contribution >= 4 is 40.6 Å². The van der Waals surface area contributed by atoms with Gasteiger partial charge in [0.25, 0.3) is 0 Å². The molecule has 4 saturated carbocycles. The number of esters is 2. The zero-order valence-electron chi connectivity index (χ0n) is 29.4. The molecule has 4 bridgehead atoms. The predicted octanol–water partition coefficient (Wildman–Crippen LogP) is 8.75. The first-order valence-electron chi connectivity index (χ1n) is 17.1. The van der Waals surface area contributed by atoms with E-state index >= 15 is 0 Å². The molecule has 0 aromatic carbocycles. The number of halogens is 1. The molecular formula is C36H62INO6. The van der Waals surface area contributed by atoms with Crippen LogP contribution in [-0.4, -0.2) is 48.3 Å². The van der Waals surface area contributed by atoms with E-state index in [0.29, 0.717) is 6.42 Å². The summed E-state index contributed by atoms with van der Waals surface area (Å²) in [7, 11) is 1.31. The number of carbonyl (C=O) groups is 3. The standard InChI is InChI=1S/C36H62INO6/c1-24(18-34(8,25(2)22-37)29(39)43-14-13-38-31(41)42-10)11-12-33(6,7)35(9,23-32(3,4)5)30(40)44-36-19-26-15-27(20-36)17-28(16-26)21-36/h24-28H,11-23H2,1-10H3,(H,38,41). The van der Waals surface area contributed by atoms with E-state index in [9.17, 15) is 14.4 Å². The van der Waals surface area contributed by atoms with Gasteiger partial charge in [0.05, 0.1) is 24.5 Å². The molecule has 1 N–H and O–H groups in total. The number of nitrogens with one attached hydrogen (secondary N) is 1. The maximum Gasteiger partial charge on any atom is 0.406 e. The van der Waals surface area contributed by atoms with Gasteiger partial charge < -0.3 is 19.5 Å². The number of alkyl halides is 1. The lowest BCUT2D eigenvalue weighted by atomic mass is 9.54. The highest BCUT2D eigenvalue weighted by Gasteiger charge is 2.57. The van der Waals surface area contributed by atoms with Gasteiger partial charge in [0.2, 0.25) is 0 Å². The highest BCUT2D eigenvalue weighted by atomic mass is 127. The van der Waals surface area contributed by atoms with Crippen LogP contribution in [0.15, 0.2) is 0 Å². The molecule has 0 aromatic heterocycles. The Balaban J connectivity index is 1.70. The number of rotatable bonds is 15. The van der Waals surface area contributed by atoms with E-state index < -0.39 is 16.9 Å². The molecule has 8 heteroatoms. The average Bonchev–Trinajstić information content (AvgIpc) is 2.91. The van der Waals surface area contributed by atoms with Gasteiger partial charge in [0.1, 0.15) is 12.2 Å². The molecule has 0 aromatic rings. The summed E-state index contributed by atoms with van der Waals surface area (Å²) in [5, 5.41) is 2.56. The molecule has 4 rings (SSSR count). The molecule has 4 aliphatic rings. The van der Waals surface area contributed by atoms with Crippen LogP contribution in [0.1, 0.15) is 127 Å². The van der Waals surface area contributed by atoms with Crippen LogP contribution in [0.3, 0.4) is 0 Å². The van der Waals surface area contributed by atoms with Gasteiger partial charge in [0, 0.05) is 4.43 Å². The highest BCUT2D eigenvalue weighted by Crippen LogP contribution is 2.59. The number of carbonyl (C=O) groups excluding carboxylic acids is 3. The molecule has 4 atom stereocenters. The summed E-state index contributed by atoms with van der Waals surface area (Å²) in [5.41, 5.74) is -1.85. The van der Waals surface area contributed by atoms with Crippen molar-refractivity contribution in [2.24, 2.45) is 51.2 Å². The third-order valence-corrected chi connectivity index (χ3v) is 13.1. The minimum atomic E-state index is -0.651. The number of alkyl carbamates (subject to hydrolysis) is 1. The quantitative estimate of drug-likeness (QED) is 0.0596. The molecule has 0 heterocycles. The first-order chi connectivity index (χ1) is 20.3. The van der Waals surface area contributed by atoms with Gasteiger partial charge in [-0.25, -0.2) is 4.79 Å². The van der Waals surface area contributed by atoms with E-state index in [1.165, 1.54) is 26.4 Å². The SMILES string of the molecule is COC(=O)NCCOC(=O)C(C)(CC(C)CCC(C)(C)C(C)(CC(C)(C)C)C(=O)OC12CC3CC(CC(C3)C1)C2)C(C)CI. The Morgan fingerprint density at radius 2 is 1.45 bits per heavy atom. The van der Waals surface area contributed by atoms with Gasteiger partial charge in [-0.1, -0.05) is 77.5 Å². The van der Waals surface area contributed by atoms with Crippen LogP contribution in [0, 0.1) is 51.2 Å². The lowest BCUT2D eigenvalue weighted by Crippen LogP contribution is -2.56. The minimum Gasteiger partial charge on any atom is -0.463 e. The van der Waals surface area contributed by atoms with Crippen molar-refractivity contribution in [2.45, 2.75) is 132 Å². The Bertz CT molecular complexity index is 985. The molecule has 44 heavy (non-hydrogen) atoms. The number of hydrogen-bond donors (Lipinski definition) is 1. The van der Waals surface area contributed by atoms with Crippen LogP contribution in [-0.2, 0) is 23.8 Å². The summed E-state index contributed by atoms with van der Waals surface area (Å²) in [4.78, 5) is 39.2. The Hall–Kier alpha value is -1.06. The van der Waals surface area contributed by atoms with Crippen molar-refractivity contribution in [3.8, 4) is 0 Å². The smallest absolute Gasteiger partial charge is 0.406 e. The lowest BCUT2D eigenvalue weighted by molar-refractivity contribution is -0.205. The van der Waals surface area contributed by atoms with Crippen molar-refractivity contribution in [3.63, 3.8) is 0 Å². The lowest BCUT2D eigenvalue weighted by Gasteiger charge is -2.57. The third kappa shape index (κ3) is 8.84. The van der Waals surface area contributed by atoms with Crippen LogP contribution in [0.5, 0.6) is 0 Å². The molecule has 0 saturated heterocycles. The fourth-order valence-electron chi connectivity index (χ4n) is 9.01. The van der Waals surface area contributed by atoms with Gasteiger partial charge in [-0.05, 0) is 112 Å². The molecule has 4 aliphatic carbocycles. The molecule has 0 aliphatic heterocycles. The first kappa shape index (κ1) is 37.4. The summed E-state index contributed by atoms with van der Waals surface area (Å²) in [6.45, 7) is 20.0. The first-order valence-corrected chi connectivity index (χ1v) is 18.6. The van der Waals surface area contributed by atoms with Gasteiger partial charge in [-0.15, -0.1) is 0 Å². The molecule has 0 radical (unpaired) electrons. The molecule has 0 spiro atoms. The molecule has 4 unspecified atom stereocenters. The second-order valence-corrected chi connectivity index (χ2v) is 18.2. The summed E-state index contributed by atoms with van der Waals surface area (Å²) < 4.78 is 17.8. The van der Waals surface area contributed by atoms with E-state index in [4.69, 9.17) is 9.47 Å². The van der Waals surface area contributed by atoms with Gasteiger partial charge in [-0.3, -0.25) is 9.59 Å². The Kier molecular flexibility index (Phi) is 12.2. The van der Waals surface area contributed by atoms with E-state index in [2.05, 4.69) is 88.0 Å². The summed E-state index contributed by atoms with van der Waals surface area (Å²) in [5.74, 6) is 2.34. The molecule has 254 valence electrons. The molecular weight excluding hydrogens is 669 g/mol. The molecule has 1 amide bonds. The Morgan fingerprint density at radius 3 is 1.93 bits per heavy atom. The number of methoxy groups -OCH3 is 1. The normalized spacial score (nSPS) is 28.8. The summed E-state index contributed by atoms with van der Waals surface area (Å²) >= 11 is 2.34. The summed E-state index contributed by atoms with van der Waals surface area (Å²) in [6, 6.07) is 0. The van der Waals surface area contributed by atoms with E-state index in [-0.39, 0.29) is 53.4 Å². The van der Waals surface area contributed by atoms with Crippen molar-refractivity contribution in [2.75, 3.05) is 24.7 Å². The van der Waals surface area contributed by atoms with Crippen LogP contribution in [0.4, 0.5) is 4.79 Å². The Morgan fingerprint density at radius 1 is 0.909 bits per heavy atom. The zero-order chi connectivity index (χ0) is 33.1. The van der Waals surface area contributed by atoms with Crippen LogP contribution >= 0.6 is 22.6 Å². The van der Waals surface area contributed by atoms with Crippen molar-refractivity contribution in [1.29, 1.82) is 0 Å². The third-order valence-electron chi connectivity index (χ3n) is 11.7. The fraction of sp³-hybridized carbons (Fsp3) is 0.917. The second-order valence-electron chi connectivity index (χ2n) is 17.3. The zero-order valence-corrected chi connectivity index (χ0v) is 31.6. The van der Waals surface area contributed by atoms with Crippen LogP contribution in [0.2, 0.25) is 0 Å².